The van der Waals surface area contributed by atoms with E-state index in [0.717, 1.165) is 5.69 Å². The van der Waals surface area contributed by atoms with E-state index < -0.39 is 10.0 Å². The molecule has 0 aliphatic heterocycles. The molecule has 1 N–H and O–H groups in total. The van der Waals surface area contributed by atoms with Crippen LogP contribution in [0.5, 0.6) is 5.75 Å². The van der Waals surface area contributed by atoms with E-state index in [4.69, 9.17) is 0 Å². The molecule has 0 saturated heterocycles. The molecular formula is C14H16N2O3S. The second-order valence-electron chi connectivity index (χ2n) is 4.37. The summed E-state index contributed by atoms with van der Waals surface area (Å²) in [5, 5.41) is 9.40. The van der Waals surface area contributed by atoms with Crippen LogP contribution in [0.25, 0.3) is 0 Å². The molecule has 0 aliphatic rings. The molecule has 0 saturated carbocycles. The number of rotatable bonds is 5. The molecule has 1 aromatic heterocycles. The molecule has 106 valence electrons. The van der Waals surface area contributed by atoms with Crippen molar-refractivity contribution in [2.45, 2.75) is 6.42 Å². The van der Waals surface area contributed by atoms with E-state index in [0.29, 0.717) is 12.1 Å². The van der Waals surface area contributed by atoms with Gasteiger partial charge in [0.25, 0.3) is 0 Å². The van der Waals surface area contributed by atoms with Crippen LogP contribution in [0.3, 0.4) is 0 Å². The van der Waals surface area contributed by atoms with E-state index in [2.05, 4.69) is 4.98 Å². The van der Waals surface area contributed by atoms with E-state index in [1.165, 1.54) is 23.5 Å². The number of sulfonamides is 1. The Morgan fingerprint density at radius 1 is 1.20 bits per heavy atom. The summed E-state index contributed by atoms with van der Waals surface area (Å²) >= 11 is 0. The number of phenols is 1. The van der Waals surface area contributed by atoms with E-state index >= 15 is 0 Å². The van der Waals surface area contributed by atoms with Crippen LogP contribution < -0.4 is 4.31 Å². The van der Waals surface area contributed by atoms with Crippen LogP contribution in [0.15, 0.2) is 48.7 Å². The van der Waals surface area contributed by atoms with Crippen molar-refractivity contribution in [2.75, 3.05) is 17.1 Å². The maximum absolute atomic E-state index is 12.2. The largest absolute Gasteiger partial charge is 0.508 e. The molecule has 0 amide bonds. The fourth-order valence-corrected chi connectivity index (χ4v) is 2.94. The van der Waals surface area contributed by atoms with Gasteiger partial charge in [0.1, 0.15) is 5.75 Å². The average Bonchev–Trinajstić information content (AvgIpc) is 2.45. The highest BCUT2D eigenvalue weighted by Gasteiger charge is 2.18. The lowest BCUT2D eigenvalue weighted by atomic mass is 10.3. The van der Waals surface area contributed by atoms with Crippen molar-refractivity contribution in [3.8, 4) is 5.75 Å². The van der Waals surface area contributed by atoms with Gasteiger partial charge in [-0.05, 0) is 24.3 Å². The number of anilines is 1. The van der Waals surface area contributed by atoms with Gasteiger partial charge in [-0.2, -0.15) is 0 Å². The van der Waals surface area contributed by atoms with Gasteiger partial charge < -0.3 is 5.11 Å². The fourth-order valence-electron chi connectivity index (χ4n) is 1.77. The molecule has 0 bridgehead atoms. The van der Waals surface area contributed by atoms with Crippen LogP contribution in [0.2, 0.25) is 0 Å². The summed E-state index contributed by atoms with van der Waals surface area (Å²) in [6.45, 7) is 0. The summed E-state index contributed by atoms with van der Waals surface area (Å²) in [7, 11) is -1.97. The van der Waals surface area contributed by atoms with E-state index in [-0.39, 0.29) is 11.5 Å². The molecule has 20 heavy (non-hydrogen) atoms. The SMILES string of the molecule is CN(c1cccc(O)c1)S(=O)(=O)CCc1ccccn1. The van der Waals surface area contributed by atoms with Crippen molar-refractivity contribution in [1.82, 2.24) is 4.98 Å². The minimum Gasteiger partial charge on any atom is -0.508 e. The normalized spacial score (nSPS) is 11.2. The van der Waals surface area contributed by atoms with Crippen molar-refractivity contribution in [3.63, 3.8) is 0 Å². The third kappa shape index (κ3) is 3.48. The molecule has 1 aromatic carbocycles. The minimum absolute atomic E-state index is 0.0316. The van der Waals surface area contributed by atoms with Crippen LogP contribution >= 0.6 is 0 Å². The number of benzene rings is 1. The predicted molar refractivity (Wildman–Crippen MR) is 78.2 cm³/mol. The topological polar surface area (TPSA) is 70.5 Å². The summed E-state index contributed by atoms with van der Waals surface area (Å²) in [5.74, 6) is 0.00479. The lowest BCUT2D eigenvalue weighted by Crippen LogP contribution is -2.29. The molecule has 0 fully saturated rings. The van der Waals surface area contributed by atoms with Gasteiger partial charge in [0, 0.05) is 31.4 Å². The molecule has 0 spiro atoms. The summed E-state index contributed by atoms with van der Waals surface area (Å²) in [6.07, 6.45) is 1.99. The Balaban J connectivity index is 2.10. The second kappa shape index (κ2) is 5.92. The quantitative estimate of drug-likeness (QED) is 0.912. The summed E-state index contributed by atoms with van der Waals surface area (Å²) < 4.78 is 25.6. The summed E-state index contributed by atoms with van der Waals surface area (Å²) in [5.41, 5.74) is 1.17. The maximum Gasteiger partial charge on any atom is 0.235 e. The van der Waals surface area contributed by atoms with Gasteiger partial charge >= 0.3 is 0 Å². The van der Waals surface area contributed by atoms with Crippen LogP contribution in [0.1, 0.15) is 5.69 Å². The predicted octanol–water partition coefficient (Wildman–Crippen LogP) is 1.80. The van der Waals surface area contributed by atoms with Crippen LogP contribution in [0.4, 0.5) is 5.69 Å². The first kappa shape index (κ1) is 14.3. The lowest BCUT2D eigenvalue weighted by Gasteiger charge is -2.19. The number of nitrogens with zero attached hydrogens (tertiary/aromatic N) is 2. The monoisotopic (exact) mass is 292 g/mol. The first-order chi connectivity index (χ1) is 9.49. The maximum atomic E-state index is 12.2. The molecular weight excluding hydrogens is 276 g/mol. The lowest BCUT2D eigenvalue weighted by molar-refractivity contribution is 0.475. The average molecular weight is 292 g/mol. The van der Waals surface area contributed by atoms with Crippen molar-refractivity contribution in [3.05, 3.63) is 54.4 Å². The molecule has 2 rings (SSSR count). The number of pyridine rings is 1. The zero-order valence-electron chi connectivity index (χ0n) is 11.1. The van der Waals surface area contributed by atoms with Gasteiger partial charge in [-0.3, -0.25) is 9.29 Å². The molecule has 6 heteroatoms. The van der Waals surface area contributed by atoms with E-state index in [1.807, 2.05) is 6.07 Å². The summed E-state index contributed by atoms with van der Waals surface area (Å²) in [6, 6.07) is 11.6. The zero-order chi connectivity index (χ0) is 14.6. The van der Waals surface area contributed by atoms with Gasteiger partial charge in [0.05, 0.1) is 11.4 Å². The number of hydrogen-bond donors (Lipinski definition) is 1. The second-order valence-corrected chi connectivity index (χ2v) is 6.49. The molecule has 0 radical (unpaired) electrons. The first-order valence-electron chi connectivity index (χ1n) is 6.14. The van der Waals surface area contributed by atoms with Gasteiger partial charge in [0.15, 0.2) is 0 Å². The van der Waals surface area contributed by atoms with Crippen molar-refractivity contribution >= 4 is 15.7 Å². The number of aryl methyl sites for hydroxylation is 1. The third-order valence-electron chi connectivity index (χ3n) is 2.95. The Labute approximate surface area is 118 Å². The highest BCUT2D eigenvalue weighted by molar-refractivity contribution is 7.92. The van der Waals surface area contributed by atoms with Crippen molar-refractivity contribution < 1.29 is 13.5 Å². The number of aromatic hydroxyl groups is 1. The molecule has 1 heterocycles. The van der Waals surface area contributed by atoms with Crippen LogP contribution in [0, 0.1) is 0 Å². The molecule has 0 unspecified atom stereocenters. The van der Waals surface area contributed by atoms with E-state index in [9.17, 15) is 13.5 Å². The third-order valence-corrected chi connectivity index (χ3v) is 4.72. The molecule has 2 aromatic rings. The molecule has 5 nitrogen and oxygen atoms in total. The Hall–Kier alpha value is -2.08. The van der Waals surface area contributed by atoms with Crippen LogP contribution in [-0.2, 0) is 16.4 Å². The highest BCUT2D eigenvalue weighted by atomic mass is 32.2. The number of aromatic nitrogens is 1. The van der Waals surface area contributed by atoms with Crippen LogP contribution in [-0.4, -0.2) is 31.3 Å². The molecule has 0 aliphatic carbocycles. The van der Waals surface area contributed by atoms with Gasteiger partial charge in [-0.1, -0.05) is 12.1 Å². The highest BCUT2D eigenvalue weighted by Crippen LogP contribution is 2.21. The van der Waals surface area contributed by atoms with Crippen molar-refractivity contribution in [2.24, 2.45) is 0 Å². The zero-order valence-corrected chi connectivity index (χ0v) is 11.9. The summed E-state index contributed by atoms with van der Waals surface area (Å²) in [4.78, 5) is 4.11. The van der Waals surface area contributed by atoms with Crippen molar-refractivity contribution in [1.29, 1.82) is 0 Å². The number of hydrogen-bond acceptors (Lipinski definition) is 4. The van der Waals surface area contributed by atoms with Gasteiger partial charge in [-0.25, -0.2) is 8.42 Å². The first-order valence-corrected chi connectivity index (χ1v) is 7.75. The van der Waals surface area contributed by atoms with Gasteiger partial charge in [-0.15, -0.1) is 0 Å². The standard InChI is InChI=1S/C14H16N2O3S/c1-16(13-6-4-7-14(17)11-13)20(18,19)10-8-12-5-2-3-9-15-12/h2-7,9,11,17H,8,10H2,1H3. The minimum atomic E-state index is -3.45. The molecule has 0 atom stereocenters. The Morgan fingerprint density at radius 3 is 2.65 bits per heavy atom. The smallest absolute Gasteiger partial charge is 0.235 e. The van der Waals surface area contributed by atoms with E-state index in [1.54, 1.807) is 30.5 Å². The Bertz CT molecular complexity index is 672. The number of phenolic OH excluding ortho intramolecular Hbond substituents is 1. The Morgan fingerprint density at radius 2 is 2.00 bits per heavy atom. The Kier molecular flexibility index (Phi) is 4.24. The van der Waals surface area contributed by atoms with Gasteiger partial charge in [0.2, 0.25) is 10.0 Å². The fraction of sp³-hybridized carbons (Fsp3) is 0.214.